The molecule has 1 aliphatic carbocycles. The summed E-state index contributed by atoms with van der Waals surface area (Å²) in [6.45, 7) is 6.41. The monoisotopic (exact) mass is 224 g/mol. The summed E-state index contributed by atoms with van der Waals surface area (Å²) in [6.07, 6.45) is 7.14. The van der Waals surface area contributed by atoms with Crippen molar-refractivity contribution in [3.05, 3.63) is 11.6 Å². The first kappa shape index (κ1) is 12.1. The Morgan fingerprint density at radius 1 is 1.25 bits per heavy atom. The molecule has 5 unspecified atom stereocenters. The van der Waals surface area contributed by atoms with Crippen molar-refractivity contribution in [2.75, 3.05) is 0 Å². The Balaban J connectivity index is 2.08. The third kappa shape index (κ3) is 2.18. The molecule has 0 saturated carbocycles. The van der Waals surface area contributed by atoms with Gasteiger partial charge in [-0.2, -0.15) is 0 Å². The molecule has 2 aliphatic rings. The van der Waals surface area contributed by atoms with E-state index in [4.69, 9.17) is 4.74 Å². The number of rotatable bonds is 2. The highest BCUT2D eigenvalue weighted by atomic mass is 16.5. The quantitative estimate of drug-likeness (QED) is 0.731. The lowest BCUT2D eigenvalue weighted by Gasteiger charge is -2.28. The predicted molar refractivity (Wildman–Crippen MR) is 65.2 cm³/mol. The predicted octanol–water partition coefficient (Wildman–Crippen LogP) is 2.91. The fourth-order valence-corrected chi connectivity index (χ4v) is 3.22. The van der Waals surface area contributed by atoms with E-state index >= 15 is 0 Å². The van der Waals surface area contributed by atoms with E-state index in [1.54, 1.807) is 0 Å². The van der Waals surface area contributed by atoms with Crippen LogP contribution in [0.25, 0.3) is 0 Å². The number of allylic oxidation sites excluding steroid dienone is 1. The summed E-state index contributed by atoms with van der Waals surface area (Å²) >= 11 is 0. The maximum absolute atomic E-state index is 10.5. The highest BCUT2D eigenvalue weighted by Crippen LogP contribution is 2.38. The van der Waals surface area contributed by atoms with Crippen LogP contribution in [0.15, 0.2) is 11.6 Å². The summed E-state index contributed by atoms with van der Waals surface area (Å²) in [7, 11) is 0. The van der Waals surface area contributed by atoms with Gasteiger partial charge in [0, 0.05) is 5.92 Å². The minimum atomic E-state index is -0.282. The molecule has 2 rings (SSSR count). The molecular weight excluding hydrogens is 200 g/mol. The second-order valence-corrected chi connectivity index (χ2v) is 5.45. The Kier molecular flexibility index (Phi) is 3.70. The van der Waals surface area contributed by atoms with E-state index in [0.29, 0.717) is 5.92 Å². The van der Waals surface area contributed by atoms with Gasteiger partial charge in [-0.05, 0) is 51.0 Å². The van der Waals surface area contributed by atoms with Crippen molar-refractivity contribution < 1.29 is 9.84 Å². The molecule has 0 spiro atoms. The molecule has 1 heterocycles. The molecule has 1 aliphatic heterocycles. The fourth-order valence-electron chi connectivity index (χ4n) is 3.22. The van der Waals surface area contributed by atoms with Gasteiger partial charge in [0.1, 0.15) is 0 Å². The van der Waals surface area contributed by atoms with E-state index in [9.17, 15) is 5.11 Å². The van der Waals surface area contributed by atoms with Gasteiger partial charge in [-0.25, -0.2) is 0 Å². The van der Waals surface area contributed by atoms with Gasteiger partial charge in [-0.15, -0.1) is 0 Å². The summed E-state index contributed by atoms with van der Waals surface area (Å²) in [4.78, 5) is 0. The lowest BCUT2D eigenvalue weighted by Crippen LogP contribution is -2.32. The molecule has 0 aromatic heterocycles. The van der Waals surface area contributed by atoms with E-state index in [1.807, 2.05) is 0 Å². The van der Waals surface area contributed by atoms with E-state index in [0.717, 1.165) is 12.8 Å². The third-order valence-electron chi connectivity index (χ3n) is 4.39. The Morgan fingerprint density at radius 3 is 2.50 bits per heavy atom. The fraction of sp³-hybridized carbons (Fsp3) is 0.857. The molecule has 16 heavy (non-hydrogen) atoms. The van der Waals surface area contributed by atoms with Crippen LogP contribution in [0.3, 0.4) is 0 Å². The van der Waals surface area contributed by atoms with Gasteiger partial charge in [0.05, 0.1) is 18.3 Å². The number of hydrogen-bond acceptors (Lipinski definition) is 2. The molecule has 1 saturated heterocycles. The molecule has 0 aromatic rings. The first-order chi connectivity index (χ1) is 7.61. The zero-order valence-corrected chi connectivity index (χ0v) is 10.6. The molecule has 1 fully saturated rings. The van der Waals surface area contributed by atoms with Crippen LogP contribution in [-0.2, 0) is 4.74 Å². The van der Waals surface area contributed by atoms with E-state index in [2.05, 4.69) is 26.8 Å². The third-order valence-corrected chi connectivity index (χ3v) is 4.39. The van der Waals surface area contributed by atoms with Crippen molar-refractivity contribution in [3.8, 4) is 0 Å². The van der Waals surface area contributed by atoms with Crippen LogP contribution in [0.5, 0.6) is 0 Å². The number of hydrogen-bond donors (Lipinski definition) is 1. The summed E-state index contributed by atoms with van der Waals surface area (Å²) in [5, 5.41) is 10.5. The maximum Gasteiger partial charge on any atom is 0.0806 e. The second-order valence-electron chi connectivity index (χ2n) is 5.45. The van der Waals surface area contributed by atoms with Gasteiger partial charge in [0.2, 0.25) is 0 Å². The lowest BCUT2D eigenvalue weighted by molar-refractivity contribution is 0.0320. The van der Waals surface area contributed by atoms with Crippen LogP contribution < -0.4 is 0 Å². The molecule has 5 atom stereocenters. The van der Waals surface area contributed by atoms with Crippen molar-refractivity contribution >= 4 is 0 Å². The average molecular weight is 224 g/mol. The zero-order valence-electron chi connectivity index (χ0n) is 10.6. The van der Waals surface area contributed by atoms with Gasteiger partial charge in [-0.1, -0.05) is 13.0 Å². The van der Waals surface area contributed by atoms with E-state index in [1.165, 1.54) is 18.4 Å². The summed E-state index contributed by atoms with van der Waals surface area (Å²) in [5.41, 5.74) is 1.26. The highest BCUT2D eigenvalue weighted by molar-refractivity contribution is 5.14. The Labute approximate surface area is 98.7 Å². The second kappa shape index (κ2) is 4.89. The van der Waals surface area contributed by atoms with Gasteiger partial charge < -0.3 is 9.84 Å². The van der Waals surface area contributed by atoms with Gasteiger partial charge >= 0.3 is 0 Å². The molecule has 1 N–H and O–H groups in total. The van der Waals surface area contributed by atoms with Crippen molar-refractivity contribution in [3.63, 3.8) is 0 Å². The molecular formula is C14H24O2. The zero-order chi connectivity index (χ0) is 11.7. The van der Waals surface area contributed by atoms with Crippen LogP contribution in [-0.4, -0.2) is 23.4 Å². The first-order valence-corrected chi connectivity index (χ1v) is 6.63. The van der Waals surface area contributed by atoms with E-state index < -0.39 is 0 Å². The van der Waals surface area contributed by atoms with Gasteiger partial charge in [0.25, 0.3) is 0 Å². The summed E-state index contributed by atoms with van der Waals surface area (Å²) in [6, 6.07) is 0. The SMILES string of the molecule is CC1OC(C)C(C(O)C2=CCCCC2)C1C. The van der Waals surface area contributed by atoms with Crippen molar-refractivity contribution in [2.45, 2.75) is 64.8 Å². The van der Waals surface area contributed by atoms with Crippen LogP contribution >= 0.6 is 0 Å². The summed E-state index contributed by atoms with van der Waals surface area (Å²) in [5.74, 6) is 0.729. The molecule has 0 amide bonds. The smallest absolute Gasteiger partial charge is 0.0806 e. The van der Waals surface area contributed by atoms with Crippen LogP contribution in [0, 0.1) is 11.8 Å². The largest absolute Gasteiger partial charge is 0.388 e. The topological polar surface area (TPSA) is 29.5 Å². The highest BCUT2D eigenvalue weighted by Gasteiger charge is 2.42. The minimum absolute atomic E-state index is 0.183. The van der Waals surface area contributed by atoms with Gasteiger partial charge in [-0.3, -0.25) is 0 Å². The first-order valence-electron chi connectivity index (χ1n) is 6.63. The molecule has 2 nitrogen and oxygen atoms in total. The molecule has 92 valence electrons. The van der Waals surface area contributed by atoms with Crippen LogP contribution in [0.1, 0.15) is 46.5 Å². The summed E-state index contributed by atoms with van der Waals surface area (Å²) < 4.78 is 5.81. The van der Waals surface area contributed by atoms with Crippen molar-refractivity contribution in [1.82, 2.24) is 0 Å². The van der Waals surface area contributed by atoms with E-state index in [-0.39, 0.29) is 24.2 Å². The van der Waals surface area contributed by atoms with Gasteiger partial charge in [0.15, 0.2) is 0 Å². The van der Waals surface area contributed by atoms with Crippen molar-refractivity contribution in [2.24, 2.45) is 11.8 Å². The molecule has 0 bridgehead atoms. The van der Waals surface area contributed by atoms with Crippen LogP contribution in [0.4, 0.5) is 0 Å². The standard InChI is InChI=1S/C14H24O2/c1-9-10(2)16-11(3)13(9)14(15)12-7-5-4-6-8-12/h7,9-11,13-15H,4-6,8H2,1-3H3. The minimum Gasteiger partial charge on any atom is -0.388 e. The number of aliphatic hydroxyl groups is 1. The average Bonchev–Trinajstić information content (AvgIpc) is 2.54. The van der Waals surface area contributed by atoms with Crippen LogP contribution in [0.2, 0.25) is 0 Å². The van der Waals surface area contributed by atoms with Crippen molar-refractivity contribution in [1.29, 1.82) is 0 Å². The lowest BCUT2D eigenvalue weighted by atomic mass is 9.79. The number of ether oxygens (including phenoxy) is 1. The maximum atomic E-state index is 10.5. The Hall–Kier alpha value is -0.340. The normalized spacial score (nSPS) is 41.9. The Bertz CT molecular complexity index is 272. The number of aliphatic hydroxyl groups excluding tert-OH is 1. The molecule has 0 aromatic carbocycles. The Morgan fingerprint density at radius 2 is 2.00 bits per heavy atom. The molecule has 0 radical (unpaired) electrons. The molecule has 2 heteroatoms.